The Kier molecular flexibility index (Phi) is 5.23. The van der Waals surface area contributed by atoms with Crippen LogP contribution in [0.1, 0.15) is 6.42 Å². The van der Waals surface area contributed by atoms with Gasteiger partial charge in [-0.2, -0.15) is 0 Å². The molecule has 0 radical (unpaired) electrons. The molecule has 0 spiro atoms. The Labute approximate surface area is 132 Å². The third-order valence-corrected chi connectivity index (χ3v) is 3.31. The summed E-state index contributed by atoms with van der Waals surface area (Å²) in [6.45, 7) is 0.344. The monoisotopic (exact) mass is 322 g/mol. The standard InChI is InChI=1S/C14H18N4O5/c1-22-11-5-3-10(4-6-11)18-8-9(7-12(18)19)15-13(20)16-17-14(21)23-2/h3-6,9H,7-8H2,1-2H3,(H,17,21)(H2,15,16,20). The van der Waals surface area contributed by atoms with Gasteiger partial charge in [0.25, 0.3) is 0 Å². The summed E-state index contributed by atoms with van der Waals surface area (Å²) in [4.78, 5) is 36.1. The predicted molar refractivity (Wildman–Crippen MR) is 81.0 cm³/mol. The Bertz CT molecular complexity index is 589. The van der Waals surface area contributed by atoms with Crippen LogP contribution in [0.25, 0.3) is 0 Å². The van der Waals surface area contributed by atoms with Crippen molar-refractivity contribution in [1.82, 2.24) is 16.2 Å². The van der Waals surface area contributed by atoms with Crippen molar-refractivity contribution in [3.05, 3.63) is 24.3 Å². The molecule has 1 aromatic rings. The summed E-state index contributed by atoms with van der Waals surface area (Å²) in [6, 6.07) is 6.09. The highest BCUT2D eigenvalue weighted by atomic mass is 16.5. The number of nitrogens with zero attached hydrogens (tertiary/aromatic N) is 1. The molecule has 3 N–H and O–H groups in total. The zero-order valence-corrected chi connectivity index (χ0v) is 12.8. The molecule has 4 amide bonds. The number of benzene rings is 1. The molecule has 0 bridgehead atoms. The third kappa shape index (κ3) is 4.25. The highest BCUT2D eigenvalue weighted by Crippen LogP contribution is 2.24. The summed E-state index contributed by atoms with van der Waals surface area (Å²) >= 11 is 0. The van der Waals surface area contributed by atoms with E-state index in [-0.39, 0.29) is 18.4 Å². The van der Waals surface area contributed by atoms with Crippen LogP contribution < -0.4 is 25.8 Å². The van der Waals surface area contributed by atoms with Gasteiger partial charge < -0.3 is 19.7 Å². The first-order valence-corrected chi connectivity index (χ1v) is 6.88. The van der Waals surface area contributed by atoms with Crippen molar-refractivity contribution in [3.63, 3.8) is 0 Å². The second-order valence-corrected chi connectivity index (χ2v) is 4.82. The molecule has 1 aliphatic rings. The molecule has 1 aliphatic heterocycles. The van der Waals surface area contributed by atoms with E-state index in [1.54, 1.807) is 36.3 Å². The van der Waals surface area contributed by atoms with E-state index in [1.165, 1.54) is 7.11 Å². The Morgan fingerprint density at radius 1 is 1.17 bits per heavy atom. The van der Waals surface area contributed by atoms with Gasteiger partial charge in [-0.3, -0.25) is 4.79 Å². The van der Waals surface area contributed by atoms with E-state index < -0.39 is 12.1 Å². The number of nitrogens with one attached hydrogen (secondary N) is 3. The average molecular weight is 322 g/mol. The van der Waals surface area contributed by atoms with Crippen LogP contribution in [0.4, 0.5) is 15.3 Å². The number of ether oxygens (including phenoxy) is 2. The van der Waals surface area contributed by atoms with Crippen molar-refractivity contribution in [3.8, 4) is 5.75 Å². The van der Waals surface area contributed by atoms with Crippen LogP contribution in [0.2, 0.25) is 0 Å². The highest BCUT2D eigenvalue weighted by molar-refractivity contribution is 5.96. The number of hydrogen-bond donors (Lipinski definition) is 3. The maximum absolute atomic E-state index is 12.1. The van der Waals surface area contributed by atoms with Gasteiger partial charge in [-0.05, 0) is 24.3 Å². The van der Waals surface area contributed by atoms with Crippen molar-refractivity contribution in [1.29, 1.82) is 0 Å². The summed E-state index contributed by atoms with van der Waals surface area (Å²) < 4.78 is 9.39. The first kappa shape index (κ1) is 16.4. The molecule has 0 aromatic heterocycles. The molecule has 1 heterocycles. The Morgan fingerprint density at radius 3 is 2.48 bits per heavy atom. The van der Waals surface area contributed by atoms with Crippen LogP contribution in [0, 0.1) is 0 Å². The second kappa shape index (κ2) is 7.34. The molecule has 9 heteroatoms. The van der Waals surface area contributed by atoms with Crippen LogP contribution >= 0.6 is 0 Å². The van der Waals surface area contributed by atoms with Crippen molar-refractivity contribution in [2.45, 2.75) is 12.5 Å². The highest BCUT2D eigenvalue weighted by Gasteiger charge is 2.31. The molecule has 1 aromatic carbocycles. The molecule has 1 saturated heterocycles. The van der Waals surface area contributed by atoms with Crippen LogP contribution in [-0.2, 0) is 9.53 Å². The fourth-order valence-electron chi connectivity index (χ4n) is 2.20. The first-order chi connectivity index (χ1) is 11.0. The summed E-state index contributed by atoms with van der Waals surface area (Å²) in [5.74, 6) is 0.602. The summed E-state index contributed by atoms with van der Waals surface area (Å²) in [5.41, 5.74) is 4.89. The molecule has 1 atom stereocenters. The molecule has 1 unspecified atom stereocenters. The van der Waals surface area contributed by atoms with E-state index in [4.69, 9.17) is 4.74 Å². The number of carbonyl (C=O) groups excluding carboxylic acids is 3. The van der Waals surface area contributed by atoms with Crippen molar-refractivity contribution in [2.24, 2.45) is 0 Å². The van der Waals surface area contributed by atoms with Crippen LogP contribution in [0.15, 0.2) is 24.3 Å². The van der Waals surface area contributed by atoms with Crippen LogP contribution in [0.3, 0.4) is 0 Å². The summed E-state index contributed by atoms with van der Waals surface area (Å²) in [6.07, 6.45) is -0.611. The normalized spacial score (nSPS) is 16.7. The zero-order valence-electron chi connectivity index (χ0n) is 12.8. The molecular weight excluding hydrogens is 304 g/mol. The molecule has 9 nitrogen and oxygen atoms in total. The quantitative estimate of drug-likeness (QED) is 0.697. The molecule has 1 fully saturated rings. The maximum Gasteiger partial charge on any atom is 0.425 e. The number of hydrazine groups is 1. The average Bonchev–Trinajstić information content (AvgIpc) is 2.92. The minimum Gasteiger partial charge on any atom is -0.497 e. The van der Waals surface area contributed by atoms with Gasteiger partial charge in [0, 0.05) is 18.7 Å². The molecule has 124 valence electrons. The SMILES string of the molecule is COC(=O)NNC(=O)NC1CC(=O)N(c2ccc(OC)cc2)C1. The van der Waals surface area contributed by atoms with E-state index in [0.29, 0.717) is 12.3 Å². The smallest absolute Gasteiger partial charge is 0.425 e. The minimum atomic E-state index is -0.789. The minimum absolute atomic E-state index is 0.0959. The van der Waals surface area contributed by atoms with Gasteiger partial charge in [0.1, 0.15) is 5.75 Å². The lowest BCUT2D eigenvalue weighted by atomic mass is 10.2. The largest absolute Gasteiger partial charge is 0.497 e. The van der Waals surface area contributed by atoms with Gasteiger partial charge in [0.2, 0.25) is 5.91 Å². The van der Waals surface area contributed by atoms with Gasteiger partial charge in [0.05, 0.1) is 20.3 Å². The summed E-state index contributed by atoms with van der Waals surface area (Å²) in [5, 5.41) is 2.60. The van der Waals surface area contributed by atoms with Gasteiger partial charge in [-0.25, -0.2) is 20.4 Å². The van der Waals surface area contributed by atoms with Gasteiger partial charge >= 0.3 is 12.1 Å². The lowest BCUT2D eigenvalue weighted by molar-refractivity contribution is -0.117. The number of amides is 4. The fraction of sp³-hybridized carbons (Fsp3) is 0.357. The Morgan fingerprint density at radius 2 is 1.87 bits per heavy atom. The van der Waals surface area contributed by atoms with Crippen molar-refractivity contribution in [2.75, 3.05) is 25.7 Å². The van der Waals surface area contributed by atoms with Crippen LogP contribution in [0.5, 0.6) is 5.75 Å². The fourth-order valence-corrected chi connectivity index (χ4v) is 2.20. The number of hydrogen-bond acceptors (Lipinski definition) is 5. The molecule has 0 saturated carbocycles. The lowest BCUT2D eigenvalue weighted by Gasteiger charge is -2.17. The van der Waals surface area contributed by atoms with E-state index >= 15 is 0 Å². The molecule has 0 aliphatic carbocycles. The number of methoxy groups -OCH3 is 2. The van der Waals surface area contributed by atoms with Gasteiger partial charge in [-0.15, -0.1) is 0 Å². The molecular formula is C14H18N4O5. The van der Waals surface area contributed by atoms with E-state index in [2.05, 4.69) is 15.5 Å². The van der Waals surface area contributed by atoms with Crippen LogP contribution in [-0.4, -0.2) is 44.8 Å². The lowest BCUT2D eigenvalue weighted by Crippen LogP contribution is -2.50. The zero-order chi connectivity index (χ0) is 16.8. The predicted octanol–water partition coefficient (Wildman–Crippen LogP) is 0.371. The second-order valence-electron chi connectivity index (χ2n) is 4.82. The summed E-state index contributed by atoms with van der Waals surface area (Å²) in [7, 11) is 2.74. The van der Waals surface area contributed by atoms with Gasteiger partial charge in [-0.1, -0.05) is 0 Å². The van der Waals surface area contributed by atoms with Crippen molar-refractivity contribution < 1.29 is 23.9 Å². The number of urea groups is 1. The van der Waals surface area contributed by atoms with E-state index in [0.717, 1.165) is 5.69 Å². The Hall–Kier alpha value is -2.97. The van der Waals surface area contributed by atoms with E-state index in [9.17, 15) is 14.4 Å². The number of carbonyl (C=O) groups is 3. The topological polar surface area (TPSA) is 109 Å². The number of rotatable bonds is 3. The van der Waals surface area contributed by atoms with Gasteiger partial charge in [0.15, 0.2) is 0 Å². The third-order valence-electron chi connectivity index (χ3n) is 3.31. The number of anilines is 1. The molecule has 23 heavy (non-hydrogen) atoms. The first-order valence-electron chi connectivity index (χ1n) is 6.88. The van der Waals surface area contributed by atoms with E-state index in [1.807, 2.05) is 5.43 Å². The maximum atomic E-state index is 12.1. The van der Waals surface area contributed by atoms with Crippen molar-refractivity contribution >= 4 is 23.7 Å². The Balaban J connectivity index is 1.89. The molecule has 2 rings (SSSR count).